The highest BCUT2D eigenvalue weighted by Gasteiger charge is 2.20. The second-order valence-electron chi connectivity index (χ2n) is 7.35. The molecule has 1 amide bonds. The molecule has 4 rings (SSSR count). The SMILES string of the molecule is O=C(c1ccccc1Br)N(Cc1ccccc1)Cc1cccn1Cc1ccccc1Cl. The van der Waals surface area contributed by atoms with Crippen molar-refractivity contribution >= 4 is 33.4 Å². The van der Waals surface area contributed by atoms with E-state index in [-0.39, 0.29) is 5.91 Å². The van der Waals surface area contributed by atoms with Gasteiger partial charge in [0.25, 0.3) is 5.91 Å². The number of aromatic nitrogens is 1. The first kappa shape index (κ1) is 21.4. The zero-order valence-corrected chi connectivity index (χ0v) is 19.3. The molecule has 0 saturated heterocycles. The lowest BCUT2D eigenvalue weighted by Crippen LogP contribution is -2.31. The predicted octanol–water partition coefficient (Wildman–Crippen LogP) is 6.79. The molecule has 0 fully saturated rings. The quantitative estimate of drug-likeness (QED) is 0.278. The van der Waals surface area contributed by atoms with Crippen molar-refractivity contribution in [3.8, 4) is 0 Å². The highest BCUT2D eigenvalue weighted by molar-refractivity contribution is 9.10. The Kier molecular flexibility index (Phi) is 6.90. The average molecular weight is 494 g/mol. The maximum atomic E-state index is 13.5. The van der Waals surface area contributed by atoms with E-state index in [4.69, 9.17) is 11.6 Å². The zero-order chi connectivity index (χ0) is 21.6. The van der Waals surface area contributed by atoms with Crippen molar-refractivity contribution in [2.45, 2.75) is 19.6 Å². The lowest BCUT2D eigenvalue weighted by molar-refractivity contribution is 0.0725. The van der Waals surface area contributed by atoms with E-state index in [1.807, 2.05) is 96.0 Å². The molecule has 0 radical (unpaired) electrons. The van der Waals surface area contributed by atoms with Gasteiger partial charge in [0.2, 0.25) is 0 Å². The van der Waals surface area contributed by atoms with Crippen LogP contribution in [0.2, 0.25) is 5.02 Å². The molecule has 0 aliphatic carbocycles. The van der Waals surface area contributed by atoms with Crippen LogP contribution in [0.5, 0.6) is 0 Å². The van der Waals surface area contributed by atoms with Crippen molar-refractivity contribution in [3.63, 3.8) is 0 Å². The molecule has 31 heavy (non-hydrogen) atoms. The number of benzene rings is 3. The number of nitrogens with zero attached hydrogens (tertiary/aromatic N) is 2. The third-order valence-corrected chi connectivity index (χ3v) is 6.24. The molecule has 0 aliphatic heterocycles. The van der Waals surface area contributed by atoms with E-state index in [1.54, 1.807) is 0 Å². The fourth-order valence-corrected chi connectivity index (χ4v) is 4.21. The van der Waals surface area contributed by atoms with Gasteiger partial charge in [0.05, 0.1) is 12.1 Å². The largest absolute Gasteiger partial charge is 0.345 e. The van der Waals surface area contributed by atoms with Gasteiger partial charge in [-0.15, -0.1) is 0 Å². The summed E-state index contributed by atoms with van der Waals surface area (Å²) in [6.07, 6.45) is 2.03. The number of carbonyl (C=O) groups is 1. The molecule has 0 saturated carbocycles. The molecular weight excluding hydrogens is 472 g/mol. The van der Waals surface area contributed by atoms with Crippen LogP contribution in [0.15, 0.2) is 102 Å². The number of hydrogen-bond acceptors (Lipinski definition) is 1. The molecule has 3 nitrogen and oxygen atoms in total. The second kappa shape index (κ2) is 9.99. The van der Waals surface area contributed by atoms with Crippen molar-refractivity contribution in [1.82, 2.24) is 9.47 Å². The van der Waals surface area contributed by atoms with Gasteiger partial charge in [-0.05, 0) is 57.4 Å². The summed E-state index contributed by atoms with van der Waals surface area (Å²) in [5.74, 6) is -0.0122. The molecule has 1 aromatic heterocycles. The van der Waals surface area contributed by atoms with E-state index in [0.29, 0.717) is 25.2 Å². The van der Waals surface area contributed by atoms with Gasteiger partial charge in [0, 0.05) is 34.5 Å². The molecule has 5 heteroatoms. The van der Waals surface area contributed by atoms with Gasteiger partial charge >= 0.3 is 0 Å². The van der Waals surface area contributed by atoms with Gasteiger partial charge in [-0.2, -0.15) is 0 Å². The summed E-state index contributed by atoms with van der Waals surface area (Å²) in [5, 5.41) is 0.743. The lowest BCUT2D eigenvalue weighted by atomic mass is 10.1. The van der Waals surface area contributed by atoms with E-state index in [0.717, 1.165) is 26.3 Å². The predicted molar refractivity (Wildman–Crippen MR) is 129 cm³/mol. The first-order chi connectivity index (χ1) is 15.1. The van der Waals surface area contributed by atoms with E-state index >= 15 is 0 Å². The van der Waals surface area contributed by atoms with Gasteiger partial charge in [0.1, 0.15) is 0 Å². The van der Waals surface area contributed by atoms with Crippen LogP contribution in [0.4, 0.5) is 0 Å². The maximum Gasteiger partial charge on any atom is 0.255 e. The van der Waals surface area contributed by atoms with Crippen molar-refractivity contribution in [2.24, 2.45) is 0 Å². The third-order valence-electron chi connectivity index (χ3n) is 5.18. The first-order valence-electron chi connectivity index (χ1n) is 10.1. The Morgan fingerprint density at radius 3 is 2.32 bits per heavy atom. The Bertz CT molecular complexity index is 1170. The first-order valence-corrected chi connectivity index (χ1v) is 11.2. The summed E-state index contributed by atoms with van der Waals surface area (Å²) in [6.45, 7) is 1.68. The van der Waals surface area contributed by atoms with Crippen LogP contribution in [0.1, 0.15) is 27.2 Å². The average Bonchev–Trinajstić information content (AvgIpc) is 3.22. The summed E-state index contributed by atoms with van der Waals surface area (Å²) in [5.41, 5.74) is 3.85. The number of halogens is 2. The molecule has 156 valence electrons. The molecular formula is C26H22BrClN2O. The standard InChI is InChI=1S/C26H22BrClN2O/c27-24-14-6-5-13-23(24)26(31)30(17-20-9-2-1-3-10-20)19-22-12-8-16-29(22)18-21-11-4-7-15-25(21)28/h1-16H,17-19H2. The van der Waals surface area contributed by atoms with Crippen molar-refractivity contribution < 1.29 is 4.79 Å². The molecule has 4 aromatic rings. The van der Waals surface area contributed by atoms with Crippen LogP contribution in [-0.4, -0.2) is 15.4 Å². The maximum absolute atomic E-state index is 13.5. The number of carbonyl (C=O) groups excluding carboxylic acids is 1. The van der Waals surface area contributed by atoms with E-state index in [2.05, 4.69) is 26.6 Å². The number of hydrogen-bond donors (Lipinski definition) is 0. The monoisotopic (exact) mass is 492 g/mol. The Morgan fingerprint density at radius 2 is 1.55 bits per heavy atom. The molecule has 0 spiro atoms. The molecule has 0 atom stereocenters. The van der Waals surface area contributed by atoms with Gasteiger partial charge in [-0.1, -0.05) is 72.3 Å². The third kappa shape index (κ3) is 5.27. The van der Waals surface area contributed by atoms with Gasteiger partial charge < -0.3 is 9.47 Å². The summed E-state index contributed by atoms with van der Waals surface area (Å²) in [6, 6.07) is 29.5. The summed E-state index contributed by atoms with van der Waals surface area (Å²) in [4.78, 5) is 15.4. The Balaban J connectivity index is 1.63. The van der Waals surface area contributed by atoms with Gasteiger partial charge in [-0.25, -0.2) is 0 Å². The van der Waals surface area contributed by atoms with Gasteiger partial charge in [-0.3, -0.25) is 4.79 Å². The number of rotatable bonds is 7. The van der Waals surface area contributed by atoms with Crippen LogP contribution < -0.4 is 0 Å². The molecule has 0 bridgehead atoms. The van der Waals surface area contributed by atoms with Crippen LogP contribution in [0.25, 0.3) is 0 Å². The number of amides is 1. The highest BCUT2D eigenvalue weighted by Crippen LogP contribution is 2.22. The molecule has 0 N–H and O–H groups in total. The Labute approximate surface area is 196 Å². The summed E-state index contributed by atoms with van der Waals surface area (Å²) >= 11 is 9.90. The second-order valence-corrected chi connectivity index (χ2v) is 8.61. The minimum Gasteiger partial charge on any atom is -0.345 e. The van der Waals surface area contributed by atoms with E-state index < -0.39 is 0 Å². The van der Waals surface area contributed by atoms with Crippen LogP contribution in [0, 0.1) is 0 Å². The topological polar surface area (TPSA) is 25.2 Å². The molecule has 1 heterocycles. The Morgan fingerprint density at radius 1 is 0.839 bits per heavy atom. The lowest BCUT2D eigenvalue weighted by Gasteiger charge is -2.24. The fourth-order valence-electron chi connectivity index (χ4n) is 3.56. The molecule has 0 unspecified atom stereocenters. The van der Waals surface area contributed by atoms with Crippen LogP contribution in [0.3, 0.4) is 0 Å². The fraction of sp³-hybridized carbons (Fsp3) is 0.115. The van der Waals surface area contributed by atoms with Crippen LogP contribution in [-0.2, 0) is 19.6 Å². The summed E-state index contributed by atoms with van der Waals surface area (Å²) in [7, 11) is 0. The Hall–Kier alpha value is -2.82. The van der Waals surface area contributed by atoms with Crippen LogP contribution >= 0.6 is 27.5 Å². The van der Waals surface area contributed by atoms with Crippen molar-refractivity contribution in [3.05, 3.63) is 129 Å². The minimum absolute atomic E-state index is 0.0122. The van der Waals surface area contributed by atoms with E-state index in [1.165, 1.54) is 0 Å². The molecule has 0 aliphatic rings. The smallest absolute Gasteiger partial charge is 0.255 e. The zero-order valence-electron chi connectivity index (χ0n) is 16.9. The summed E-state index contributed by atoms with van der Waals surface area (Å²) < 4.78 is 2.94. The normalized spacial score (nSPS) is 10.8. The van der Waals surface area contributed by atoms with Gasteiger partial charge in [0.15, 0.2) is 0 Å². The van der Waals surface area contributed by atoms with E-state index in [9.17, 15) is 4.79 Å². The molecule has 3 aromatic carbocycles. The minimum atomic E-state index is -0.0122. The highest BCUT2D eigenvalue weighted by atomic mass is 79.9. The van der Waals surface area contributed by atoms with Crippen molar-refractivity contribution in [2.75, 3.05) is 0 Å². The van der Waals surface area contributed by atoms with Crippen molar-refractivity contribution in [1.29, 1.82) is 0 Å².